The van der Waals surface area contributed by atoms with Crippen LogP contribution in [0, 0.1) is 0 Å². The molecule has 1 N–H and O–H groups in total. The molecule has 1 aromatic carbocycles. The molecule has 5 rings (SSSR count). The van der Waals surface area contributed by atoms with Crippen LogP contribution in [0.3, 0.4) is 0 Å². The van der Waals surface area contributed by atoms with Gasteiger partial charge in [0.2, 0.25) is 18.6 Å². The first kappa shape index (κ1) is 22.2. The predicted octanol–water partition coefficient (Wildman–Crippen LogP) is 1.99. The Balaban J connectivity index is 1.37. The van der Waals surface area contributed by atoms with Gasteiger partial charge in [-0.1, -0.05) is 0 Å². The van der Waals surface area contributed by atoms with E-state index in [0.717, 1.165) is 23.8 Å². The molecule has 0 atom stereocenters. The zero-order chi connectivity index (χ0) is 23.7. The number of thiophene rings is 1. The van der Waals surface area contributed by atoms with E-state index in [1.165, 1.54) is 15.9 Å². The minimum Gasteiger partial charge on any atom is -0.454 e. The molecule has 10 nitrogen and oxygen atoms in total. The van der Waals surface area contributed by atoms with E-state index in [4.69, 9.17) is 9.47 Å². The van der Waals surface area contributed by atoms with Gasteiger partial charge in [-0.15, -0.1) is 11.3 Å². The van der Waals surface area contributed by atoms with Crippen LogP contribution in [0.4, 0.5) is 5.69 Å². The fraction of sp³-hybridized carbons (Fsp3) is 0.391. The Morgan fingerprint density at radius 2 is 1.79 bits per heavy atom. The van der Waals surface area contributed by atoms with Crippen LogP contribution in [-0.2, 0) is 22.7 Å². The maximum absolute atomic E-state index is 13.2. The van der Waals surface area contributed by atoms with Crippen LogP contribution in [0.5, 0.6) is 11.5 Å². The quantitative estimate of drug-likeness (QED) is 0.573. The average Bonchev–Trinajstić information content (AvgIpc) is 3.52. The summed E-state index contributed by atoms with van der Waals surface area (Å²) in [5, 5.41) is 4.46. The van der Waals surface area contributed by atoms with Crippen molar-refractivity contribution < 1.29 is 19.1 Å². The normalized spacial score (nSPS) is 15.0. The molecule has 0 aliphatic carbocycles. The topological polar surface area (TPSA) is 112 Å². The molecule has 1 saturated heterocycles. The number of piperidine rings is 1. The standard InChI is InChI=1S/C23H24N4O6S/c28-19(24-15-4-5-17-18(12-15)33-14-32-17)13-27-16-7-11-34-21(16)22(30)26(23(27)31)10-6-20(29)25-8-2-1-3-9-25/h4-5,7,11-12H,1-3,6,8-10,13-14H2,(H,24,28). The van der Waals surface area contributed by atoms with E-state index in [1.54, 1.807) is 34.5 Å². The molecular formula is C23H24N4O6S. The molecule has 11 heteroatoms. The van der Waals surface area contributed by atoms with Crippen LogP contribution in [0.1, 0.15) is 25.7 Å². The van der Waals surface area contributed by atoms with Gasteiger partial charge in [-0.3, -0.25) is 23.5 Å². The Bertz CT molecular complexity index is 1370. The van der Waals surface area contributed by atoms with Gasteiger partial charge in [-0.25, -0.2) is 4.79 Å². The third-order valence-electron chi connectivity index (χ3n) is 6.05. The van der Waals surface area contributed by atoms with Crippen molar-refractivity contribution in [3.05, 3.63) is 50.5 Å². The van der Waals surface area contributed by atoms with Crippen LogP contribution in [0.25, 0.3) is 10.2 Å². The summed E-state index contributed by atoms with van der Waals surface area (Å²) >= 11 is 1.21. The minimum absolute atomic E-state index is 0.0232. The van der Waals surface area contributed by atoms with Gasteiger partial charge in [-0.05, 0) is 42.8 Å². The van der Waals surface area contributed by atoms with Crippen molar-refractivity contribution in [2.24, 2.45) is 0 Å². The first-order valence-corrected chi connectivity index (χ1v) is 12.1. The highest BCUT2D eigenvalue weighted by molar-refractivity contribution is 7.17. The highest BCUT2D eigenvalue weighted by Crippen LogP contribution is 2.34. The lowest BCUT2D eigenvalue weighted by molar-refractivity contribution is -0.132. The number of likely N-dealkylation sites (tertiary alicyclic amines) is 1. The van der Waals surface area contributed by atoms with Gasteiger partial charge in [0.05, 0.1) is 5.52 Å². The second kappa shape index (κ2) is 9.34. The van der Waals surface area contributed by atoms with Crippen LogP contribution in [0.15, 0.2) is 39.2 Å². The summed E-state index contributed by atoms with van der Waals surface area (Å²) in [5.41, 5.74) is -0.138. The van der Waals surface area contributed by atoms with Crippen LogP contribution < -0.4 is 26.0 Å². The van der Waals surface area contributed by atoms with E-state index in [-0.39, 0.29) is 32.2 Å². The lowest BCUT2D eigenvalue weighted by atomic mass is 10.1. The van der Waals surface area contributed by atoms with E-state index < -0.39 is 17.2 Å². The monoisotopic (exact) mass is 484 g/mol. The molecule has 178 valence electrons. The Morgan fingerprint density at radius 1 is 1.00 bits per heavy atom. The van der Waals surface area contributed by atoms with Crippen molar-refractivity contribution in [2.45, 2.75) is 38.8 Å². The van der Waals surface area contributed by atoms with Gasteiger partial charge in [0.15, 0.2) is 11.5 Å². The van der Waals surface area contributed by atoms with Gasteiger partial charge in [0, 0.05) is 37.8 Å². The minimum atomic E-state index is -0.608. The van der Waals surface area contributed by atoms with Crippen LogP contribution in [-0.4, -0.2) is 45.7 Å². The number of fused-ring (bicyclic) bond motifs is 2. The van der Waals surface area contributed by atoms with Gasteiger partial charge in [-0.2, -0.15) is 0 Å². The molecule has 2 amide bonds. The summed E-state index contributed by atoms with van der Waals surface area (Å²) in [7, 11) is 0. The highest BCUT2D eigenvalue weighted by atomic mass is 32.1. The number of nitrogens with zero attached hydrogens (tertiary/aromatic N) is 3. The first-order chi connectivity index (χ1) is 16.5. The lowest BCUT2D eigenvalue weighted by Crippen LogP contribution is -2.43. The molecule has 4 heterocycles. The van der Waals surface area contributed by atoms with Crippen LogP contribution in [0.2, 0.25) is 0 Å². The second-order valence-corrected chi connectivity index (χ2v) is 9.18. The summed E-state index contributed by atoms with van der Waals surface area (Å²) in [6, 6.07) is 6.68. The number of carbonyl (C=O) groups is 2. The van der Waals surface area contributed by atoms with E-state index in [2.05, 4.69) is 5.32 Å². The average molecular weight is 485 g/mol. The number of nitrogens with one attached hydrogen (secondary N) is 1. The third kappa shape index (κ3) is 4.30. The predicted molar refractivity (Wildman–Crippen MR) is 127 cm³/mol. The van der Waals surface area contributed by atoms with Gasteiger partial charge in [0.1, 0.15) is 11.2 Å². The summed E-state index contributed by atoms with van der Waals surface area (Å²) in [6.45, 7) is 1.25. The molecule has 0 spiro atoms. The third-order valence-corrected chi connectivity index (χ3v) is 6.94. The molecule has 0 bridgehead atoms. The summed E-state index contributed by atoms with van der Waals surface area (Å²) in [6.07, 6.45) is 3.11. The number of hydrogen-bond donors (Lipinski definition) is 1. The van der Waals surface area contributed by atoms with Crippen molar-refractivity contribution in [2.75, 3.05) is 25.2 Å². The number of rotatable bonds is 6. The first-order valence-electron chi connectivity index (χ1n) is 11.2. The number of aromatic nitrogens is 2. The zero-order valence-electron chi connectivity index (χ0n) is 18.5. The molecule has 34 heavy (non-hydrogen) atoms. The molecule has 2 aromatic heterocycles. The Morgan fingerprint density at radius 3 is 2.62 bits per heavy atom. The molecule has 0 saturated carbocycles. The van der Waals surface area contributed by atoms with Crippen molar-refractivity contribution in [1.29, 1.82) is 0 Å². The van der Waals surface area contributed by atoms with E-state index in [9.17, 15) is 19.2 Å². The van der Waals surface area contributed by atoms with Crippen molar-refractivity contribution in [3.8, 4) is 11.5 Å². The molecule has 2 aliphatic heterocycles. The van der Waals surface area contributed by atoms with Crippen LogP contribution >= 0.6 is 11.3 Å². The lowest BCUT2D eigenvalue weighted by Gasteiger charge is -2.26. The van der Waals surface area contributed by atoms with E-state index in [1.807, 2.05) is 0 Å². The molecule has 0 radical (unpaired) electrons. The van der Waals surface area contributed by atoms with Gasteiger partial charge in [0.25, 0.3) is 5.56 Å². The Labute approximate surface area is 198 Å². The number of amides is 2. The Hall–Kier alpha value is -3.60. The second-order valence-electron chi connectivity index (χ2n) is 8.27. The maximum Gasteiger partial charge on any atom is 0.332 e. The fourth-order valence-electron chi connectivity index (χ4n) is 4.31. The van der Waals surface area contributed by atoms with Gasteiger partial charge >= 0.3 is 5.69 Å². The zero-order valence-corrected chi connectivity index (χ0v) is 19.3. The number of hydrogen-bond acceptors (Lipinski definition) is 7. The summed E-state index contributed by atoms with van der Waals surface area (Å²) < 4.78 is 13.3. The molecule has 3 aromatic rings. The number of anilines is 1. The SMILES string of the molecule is O=C(Cn1c(=O)n(CCC(=O)N2CCCCC2)c(=O)c2sccc21)Nc1ccc2c(c1)OCO2. The smallest absolute Gasteiger partial charge is 0.332 e. The fourth-order valence-corrected chi connectivity index (χ4v) is 5.15. The number of carbonyl (C=O) groups excluding carboxylic acids is 2. The Kier molecular flexibility index (Phi) is 6.10. The molecule has 0 unspecified atom stereocenters. The molecule has 1 fully saturated rings. The number of ether oxygens (including phenoxy) is 2. The van der Waals surface area contributed by atoms with Crippen molar-refractivity contribution in [3.63, 3.8) is 0 Å². The van der Waals surface area contributed by atoms with Crippen molar-refractivity contribution in [1.82, 2.24) is 14.0 Å². The van der Waals surface area contributed by atoms with E-state index >= 15 is 0 Å². The number of benzene rings is 1. The summed E-state index contributed by atoms with van der Waals surface area (Å²) in [5.74, 6) is 0.634. The molecular weight excluding hydrogens is 460 g/mol. The largest absolute Gasteiger partial charge is 0.454 e. The van der Waals surface area contributed by atoms with Gasteiger partial charge < -0.3 is 19.7 Å². The summed E-state index contributed by atoms with van der Waals surface area (Å²) in [4.78, 5) is 53.3. The molecule has 2 aliphatic rings. The highest BCUT2D eigenvalue weighted by Gasteiger charge is 2.20. The maximum atomic E-state index is 13.2. The van der Waals surface area contributed by atoms with Crippen molar-refractivity contribution >= 4 is 39.1 Å². The van der Waals surface area contributed by atoms with E-state index in [0.29, 0.717) is 40.5 Å².